The Balaban J connectivity index is 2.19. The molecule has 0 spiro atoms. The van der Waals surface area contributed by atoms with Gasteiger partial charge in [0.1, 0.15) is 0 Å². The van der Waals surface area contributed by atoms with E-state index in [0.29, 0.717) is 12.4 Å². The van der Waals surface area contributed by atoms with Crippen LogP contribution in [0.2, 0.25) is 0 Å². The summed E-state index contributed by atoms with van der Waals surface area (Å²) in [6.45, 7) is 2.30. The smallest absolute Gasteiger partial charge is 0.243 e. The second kappa shape index (κ2) is 6.56. The molecule has 0 unspecified atom stereocenters. The van der Waals surface area contributed by atoms with Gasteiger partial charge in [-0.1, -0.05) is 35.9 Å². The highest BCUT2D eigenvalue weighted by Crippen LogP contribution is 2.16. The van der Waals surface area contributed by atoms with E-state index in [-0.39, 0.29) is 5.03 Å². The molecule has 0 radical (unpaired) electrons. The number of pyridine rings is 1. The standard InChI is InChI=1S/C15H17ClN2O2S/c1-12-3-5-13(6-4-12)11-18(2)21(19,20)15-8-7-14(9-16)10-17-15/h3-8,10H,9,11H2,1-2H3. The summed E-state index contributed by atoms with van der Waals surface area (Å²) in [6, 6.07) is 10.9. The van der Waals surface area contributed by atoms with Crippen LogP contribution in [0.25, 0.3) is 0 Å². The van der Waals surface area contributed by atoms with Gasteiger partial charge in [0, 0.05) is 25.7 Å². The molecule has 0 saturated heterocycles. The van der Waals surface area contributed by atoms with Crippen molar-refractivity contribution in [2.24, 2.45) is 0 Å². The number of aryl methyl sites for hydroxylation is 1. The summed E-state index contributed by atoms with van der Waals surface area (Å²) >= 11 is 5.68. The molecule has 0 aliphatic rings. The molecule has 0 fully saturated rings. The highest BCUT2D eigenvalue weighted by Gasteiger charge is 2.22. The number of rotatable bonds is 5. The third-order valence-corrected chi connectivity index (χ3v) is 5.18. The van der Waals surface area contributed by atoms with E-state index in [9.17, 15) is 8.42 Å². The number of hydrogen-bond donors (Lipinski definition) is 0. The number of benzene rings is 1. The van der Waals surface area contributed by atoms with E-state index in [2.05, 4.69) is 4.98 Å². The Morgan fingerprint density at radius 3 is 2.24 bits per heavy atom. The first-order valence-electron chi connectivity index (χ1n) is 6.46. The number of hydrogen-bond acceptors (Lipinski definition) is 3. The maximum absolute atomic E-state index is 12.4. The van der Waals surface area contributed by atoms with Gasteiger partial charge in [0.15, 0.2) is 5.03 Å². The largest absolute Gasteiger partial charge is 0.260 e. The minimum absolute atomic E-state index is 0.0333. The molecule has 0 N–H and O–H groups in total. The van der Waals surface area contributed by atoms with E-state index in [1.165, 1.54) is 16.6 Å². The molecule has 6 heteroatoms. The number of nitrogens with zero attached hydrogens (tertiary/aromatic N) is 2. The van der Waals surface area contributed by atoms with Gasteiger partial charge in [-0.05, 0) is 24.1 Å². The molecule has 0 amide bonds. The number of alkyl halides is 1. The molecule has 0 aliphatic heterocycles. The average molecular weight is 325 g/mol. The van der Waals surface area contributed by atoms with Crippen LogP contribution in [0, 0.1) is 6.92 Å². The zero-order valence-electron chi connectivity index (χ0n) is 12.0. The lowest BCUT2D eigenvalue weighted by Gasteiger charge is -2.16. The summed E-state index contributed by atoms with van der Waals surface area (Å²) in [4.78, 5) is 3.98. The molecule has 0 atom stereocenters. The van der Waals surface area contributed by atoms with Crippen molar-refractivity contribution in [3.8, 4) is 0 Å². The van der Waals surface area contributed by atoms with Gasteiger partial charge in [0.25, 0.3) is 10.0 Å². The first-order valence-corrected chi connectivity index (χ1v) is 8.43. The van der Waals surface area contributed by atoms with Crippen molar-refractivity contribution in [3.05, 3.63) is 59.3 Å². The van der Waals surface area contributed by atoms with Gasteiger partial charge in [-0.3, -0.25) is 0 Å². The van der Waals surface area contributed by atoms with E-state index >= 15 is 0 Å². The number of halogens is 1. The molecule has 1 aromatic carbocycles. The summed E-state index contributed by atoms with van der Waals surface area (Å²) in [6.07, 6.45) is 1.49. The molecule has 21 heavy (non-hydrogen) atoms. The lowest BCUT2D eigenvalue weighted by atomic mass is 10.1. The first kappa shape index (κ1) is 15.9. The fourth-order valence-electron chi connectivity index (χ4n) is 1.84. The molecule has 4 nitrogen and oxygen atoms in total. The zero-order chi connectivity index (χ0) is 15.5. The van der Waals surface area contributed by atoms with Gasteiger partial charge in [-0.15, -0.1) is 11.6 Å². The van der Waals surface area contributed by atoms with Gasteiger partial charge in [0.2, 0.25) is 0 Å². The molecular weight excluding hydrogens is 308 g/mol. The Kier molecular flexibility index (Phi) is 4.98. The fraction of sp³-hybridized carbons (Fsp3) is 0.267. The summed E-state index contributed by atoms with van der Waals surface area (Å²) < 4.78 is 26.2. The van der Waals surface area contributed by atoms with Crippen LogP contribution >= 0.6 is 11.6 Å². The van der Waals surface area contributed by atoms with Crippen molar-refractivity contribution >= 4 is 21.6 Å². The van der Waals surface area contributed by atoms with Gasteiger partial charge in [-0.25, -0.2) is 13.4 Å². The van der Waals surface area contributed by atoms with Crippen molar-refractivity contribution in [2.75, 3.05) is 7.05 Å². The Morgan fingerprint density at radius 1 is 1.10 bits per heavy atom. The minimum atomic E-state index is -3.59. The van der Waals surface area contributed by atoms with Crippen molar-refractivity contribution in [1.82, 2.24) is 9.29 Å². The lowest BCUT2D eigenvalue weighted by molar-refractivity contribution is 0.464. The molecule has 1 aromatic heterocycles. The number of sulfonamides is 1. The molecule has 2 aromatic rings. The Labute approximate surface area is 130 Å². The lowest BCUT2D eigenvalue weighted by Crippen LogP contribution is -2.27. The van der Waals surface area contributed by atoms with E-state index in [4.69, 9.17) is 11.6 Å². The predicted molar refractivity (Wildman–Crippen MR) is 83.6 cm³/mol. The second-order valence-electron chi connectivity index (χ2n) is 4.88. The normalized spacial score (nSPS) is 11.8. The predicted octanol–water partition coefficient (Wildman–Crippen LogP) is 2.95. The van der Waals surface area contributed by atoms with E-state index in [0.717, 1.165) is 16.7 Å². The third-order valence-electron chi connectivity index (χ3n) is 3.15. The Bertz CT molecular complexity index is 697. The van der Waals surface area contributed by atoms with Gasteiger partial charge in [-0.2, -0.15) is 4.31 Å². The number of aromatic nitrogens is 1. The summed E-state index contributed by atoms with van der Waals surface area (Å²) in [7, 11) is -2.05. The highest BCUT2D eigenvalue weighted by atomic mass is 35.5. The van der Waals surface area contributed by atoms with Crippen LogP contribution in [-0.2, 0) is 22.4 Å². The van der Waals surface area contributed by atoms with Gasteiger partial charge >= 0.3 is 0 Å². The molecule has 2 rings (SSSR count). The quantitative estimate of drug-likeness (QED) is 0.794. The monoisotopic (exact) mass is 324 g/mol. The van der Waals surface area contributed by atoms with Crippen molar-refractivity contribution in [2.45, 2.75) is 24.4 Å². The minimum Gasteiger partial charge on any atom is -0.243 e. The van der Waals surface area contributed by atoms with Crippen LogP contribution in [0.3, 0.4) is 0 Å². The maximum Gasteiger partial charge on any atom is 0.260 e. The van der Waals surface area contributed by atoms with Crippen LogP contribution in [-0.4, -0.2) is 24.8 Å². The second-order valence-corrected chi connectivity index (χ2v) is 7.14. The maximum atomic E-state index is 12.4. The summed E-state index contributed by atoms with van der Waals surface area (Å²) in [5.41, 5.74) is 2.86. The van der Waals surface area contributed by atoms with Gasteiger partial charge < -0.3 is 0 Å². The zero-order valence-corrected chi connectivity index (χ0v) is 13.5. The van der Waals surface area contributed by atoms with Crippen LogP contribution in [0.4, 0.5) is 0 Å². The molecule has 0 bridgehead atoms. The molecule has 0 saturated carbocycles. The van der Waals surface area contributed by atoms with Crippen LogP contribution in [0.1, 0.15) is 16.7 Å². The SMILES string of the molecule is Cc1ccc(CN(C)S(=O)(=O)c2ccc(CCl)cn2)cc1. The van der Waals surface area contributed by atoms with E-state index in [1.807, 2.05) is 31.2 Å². The van der Waals surface area contributed by atoms with Crippen molar-refractivity contribution in [3.63, 3.8) is 0 Å². The van der Waals surface area contributed by atoms with E-state index in [1.54, 1.807) is 13.1 Å². The fourth-order valence-corrected chi connectivity index (χ4v) is 3.06. The van der Waals surface area contributed by atoms with E-state index < -0.39 is 10.0 Å². The Morgan fingerprint density at radius 2 is 1.71 bits per heavy atom. The first-order chi connectivity index (χ1) is 9.93. The third kappa shape index (κ3) is 3.81. The van der Waals surface area contributed by atoms with Gasteiger partial charge in [0.05, 0.1) is 0 Å². The van der Waals surface area contributed by atoms with Crippen LogP contribution < -0.4 is 0 Å². The molecule has 1 heterocycles. The summed E-state index contributed by atoms with van der Waals surface area (Å²) in [5, 5.41) is 0.0333. The topological polar surface area (TPSA) is 50.3 Å². The summed E-state index contributed by atoms with van der Waals surface area (Å²) in [5.74, 6) is 0.312. The van der Waals surface area contributed by atoms with Crippen molar-refractivity contribution < 1.29 is 8.42 Å². The molecule has 0 aliphatic carbocycles. The Hall–Kier alpha value is -1.43. The molecule has 112 valence electrons. The van der Waals surface area contributed by atoms with Crippen molar-refractivity contribution in [1.29, 1.82) is 0 Å². The van der Waals surface area contributed by atoms with Crippen LogP contribution in [0.5, 0.6) is 0 Å². The average Bonchev–Trinajstić information content (AvgIpc) is 2.49. The highest BCUT2D eigenvalue weighted by molar-refractivity contribution is 7.89. The molecular formula is C15H17ClN2O2S. The van der Waals surface area contributed by atoms with Crippen LogP contribution in [0.15, 0.2) is 47.6 Å².